The van der Waals surface area contributed by atoms with Crippen LogP contribution in [0.3, 0.4) is 0 Å². The highest BCUT2D eigenvalue weighted by Crippen LogP contribution is 2.27. The number of hydrogen-bond donors (Lipinski definition) is 2. The minimum Gasteiger partial charge on any atom is -0.395 e. The minimum atomic E-state index is -0.0214. The SMILES string of the molecule is Cc1nc(N)ncc1-c1nc(Cl)nc2c1ncn2CCO. The van der Waals surface area contributed by atoms with E-state index in [4.69, 9.17) is 22.4 Å². The molecule has 9 heteroatoms. The van der Waals surface area contributed by atoms with E-state index in [1.807, 2.05) is 0 Å². The first-order chi connectivity index (χ1) is 10.1. The molecule has 108 valence electrons. The fourth-order valence-corrected chi connectivity index (χ4v) is 2.26. The summed E-state index contributed by atoms with van der Waals surface area (Å²) in [6.45, 7) is 2.16. The first-order valence-corrected chi connectivity index (χ1v) is 6.56. The molecule has 0 unspecified atom stereocenters. The second-order valence-corrected chi connectivity index (χ2v) is 4.74. The molecular formula is C12H12ClN7O. The largest absolute Gasteiger partial charge is 0.395 e. The van der Waals surface area contributed by atoms with E-state index in [0.717, 1.165) is 0 Å². The van der Waals surface area contributed by atoms with E-state index in [0.29, 0.717) is 34.7 Å². The lowest BCUT2D eigenvalue weighted by atomic mass is 10.1. The van der Waals surface area contributed by atoms with Crippen LogP contribution in [0.4, 0.5) is 5.95 Å². The number of fused-ring (bicyclic) bond motifs is 1. The number of nitrogens with zero attached hydrogens (tertiary/aromatic N) is 6. The molecule has 8 nitrogen and oxygen atoms in total. The molecule has 3 rings (SSSR count). The van der Waals surface area contributed by atoms with Crippen molar-refractivity contribution in [1.29, 1.82) is 0 Å². The van der Waals surface area contributed by atoms with Gasteiger partial charge in [-0.05, 0) is 18.5 Å². The fraction of sp³-hybridized carbons (Fsp3) is 0.250. The molecule has 0 saturated heterocycles. The highest BCUT2D eigenvalue weighted by Gasteiger charge is 2.16. The summed E-state index contributed by atoms with van der Waals surface area (Å²) in [6, 6.07) is 0. The standard InChI is InChI=1S/C12H12ClN7O/c1-6-7(4-15-12(14)17-6)8-9-10(19-11(13)18-8)20(2-3-21)5-16-9/h4-5,21H,2-3H2,1H3,(H2,14,15,17). The monoisotopic (exact) mass is 305 g/mol. The molecule has 0 aliphatic heterocycles. The van der Waals surface area contributed by atoms with Gasteiger partial charge in [-0.2, -0.15) is 4.98 Å². The van der Waals surface area contributed by atoms with Gasteiger partial charge >= 0.3 is 0 Å². The molecule has 0 fully saturated rings. The van der Waals surface area contributed by atoms with E-state index < -0.39 is 0 Å². The smallest absolute Gasteiger partial charge is 0.225 e. The molecule has 0 aromatic carbocycles. The summed E-state index contributed by atoms with van der Waals surface area (Å²) in [5, 5.41) is 9.16. The van der Waals surface area contributed by atoms with Gasteiger partial charge in [-0.25, -0.2) is 19.9 Å². The number of aromatic nitrogens is 6. The second kappa shape index (κ2) is 5.23. The molecule has 3 aromatic rings. The maximum Gasteiger partial charge on any atom is 0.225 e. The lowest BCUT2D eigenvalue weighted by molar-refractivity contribution is 0.277. The Morgan fingerprint density at radius 3 is 2.81 bits per heavy atom. The highest BCUT2D eigenvalue weighted by molar-refractivity contribution is 6.28. The summed E-state index contributed by atoms with van der Waals surface area (Å²) < 4.78 is 1.71. The zero-order chi connectivity index (χ0) is 15.0. The van der Waals surface area contributed by atoms with Crippen molar-refractivity contribution in [3.8, 4) is 11.3 Å². The summed E-state index contributed by atoms with van der Waals surface area (Å²) in [5.41, 5.74) is 8.59. The van der Waals surface area contributed by atoms with Crippen LogP contribution in [0.25, 0.3) is 22.4 Å². The maximum atomic E-state index is 9.07. The Morgan fingerprint density at radius 1 is 1.29 bits per heavy atom. The van der Waals surface area contributed by atoms with Gasteiger partial charge in [0.1, 0.15) is 11.2 Å². The number of imidazole rings is 1. The van der Waals surface area contributed by atoms with Gasteiger partial charge < -0.3 is 15.4 Å². The molecule has 0 saturated carbocycles. The molecule has 0 aliphatic rings. The van der Waals surface area contributed by atoms with Crippen LogP contribution in [0.1, 0.15) is 5.69 Å². The molecule has 0 atom stereocenters. The van der Waals surface area contributed by atoms with Crippen LogP contribution in [0.2, 0.25) is 5.28 Å². The number of rotatable bonds is 3. The lowest BCUT2D eigenvalue weighted by Crippen LogP contribution is -2.03. The van der Waals surface area contributed by atoms with E-state index in [9.17, 15) is 0 Å². The van der Waals surface area contributed by atoms with Gasteiger partial charge in [0.25, 0.3) is 0 Å². The summed E-state index contributed by atoms with van der Waals surface area (Å²) in [5.74, 6) is 0.193. The molecule has 3 aromatic heterocycles. The van der Waals surface area contributed by atoms with Crippen molar-refractivity contribution in [2.45, 2.75) is 13.5 Å². The van der Waals surface area contributed by atoms with Crippen molar-refractivity contribution in [3.05, 3.63) is 23.5 Å². The van der Waals surface area contributed by atoms with E-state index >= 15 is 0 Å². The molecular weight excluding hydrogens is 294 g/mol. The second-order valence-electron chi connectivity index (χ2n) is 4.40. The zero-order valence-electron chi connectivity index (χ0n) is 11.2. The van der Waals surface area contributed by atoms with Crippen LogP contribution in [0.15, 0.2) is 12.5 Å². The highest BCUT2D eigenvalue weighted by atomic mass is 35.5. The van der Waals surface area contributed by atoms with Gasteiger partial charge in [0.15, 0.2) is 5.65 Å². The number of nitrogens with two attached hydrogens (primary N) is 1. The molecule has 0 aliphatic carbocycles. The van der Waals surface area contributed by atoms with Crippen molar-refractivity contribution < 1.29 is 5.11 Å². The lowest BCUT2D eigenvalue weighted by Gasteiger charge is -2.06. The van der Waals surface area contributed by atoms with Gasteiger partial charge in [-0.15, -0.1) is 0 Å². The van der Waals surface area contributed by atoms with Crippen molar-refractivity contribution in [2.75, 3.05) is 12.3 Å². The summed E-state index contributed by atoms with van der Waals surface area (Å²) >= 11 is 6.00. The van der Waals surface area contributed by atoms with Crippen LogP contribution in [0.5, 0.6) is 0 Å². The number of nitrogen functional groups attached to an aromatic ring is 1. The van der Waals surface area contributed by atoms with E-state index in [1.165, 1.54) is 0 Å². The summed E-state index contributed by atoms with van der Waals surface area (Å²) in [4.78, 5) is 20.8. The normalized spacial score (nSPS) is 11.2. The minimum absolute atomic E-state index is 0.0214. The van der Waals surface area contributed by atoms with Gasteiger partial charge in [0.05, 0.1) is 18.6 Å². The Hall–Kier alpha value is -2.32. The third-order valence-electron chi connectivity index (χ3n) is 3.03. The van der Waals surface area contributed by atoms with Crippen LogP contribution in [0, 0.1) is 6.92 Å². The zero-order valence-corrected chi connectivity index (χ0v) is 11.9. The van der Waals surface area contributed by atoms with Gasteiger partial charge in [-0.1, -0.05) is 0 Å². The summed E-state index contributed by atoms with van der Waals surface area (Å²) in [6.07, 6.45) is 3.17. The average molecular weight is 306 g/mol. The molecule has 0 spiro atoms. The molecule has 0 bridgehead atoms. The first-order valence-electron chi connectivity index (χ1n) is 6.19. The number of aliphatic hydroxyl groups is 1. The van der Waals surface area contributed by atoms with Crippen molar-refractivity contribution in [1.82, 2.24) is 29.5 Å². The first kappa shape index (κ1) is 13.7. The Labute approximate surface area is 124 Å². The topological polar surface area (TPSA) is 116 Å². The number of aliphatic hydroxyl groups excluding tert-OH is 1. The van der Waals surface area contributed by atoms with Crippen LogP contribution >= 0.6 is 11.6 Å². The van der Waals surface area contributed by atoms with E-state index in [-0.39, 0.29) is 17.8 Å². The van der Waals surface area contributed by atoms with Crippen LogP contribution in [-0.4, -0.2) is 41.2 Å². The molecule has 3 heterocycles. The maximum absolute atomic E-state index is 9.07. The predicted octanol–water partition coefficient (Wildman–Crippen LogP) is 0.820. The molecule has 3 N–H and O–H groups in total. The number of halogens is 1. The number of anilines is 1. The fourth-order valence-electron chi connectivity index (χ4n) is 2.09. The van der Waals surface area contributed by atoms with Gasteiger partial charge in [0, 0.05) is 18.3 Å². The van der Waals surface area contributed by atoms with Crippen molar-refractivity contribution >= 4 is 28.7 Å². The Morgan fingerprint density at radius 2 is 2.10 bits per heavy atom. The van der Waals surface area contributed by atoms with E-state index in [1.54, 1.807) is 24.0 Å². The van der Waals surface area contributed by atoms with E-state index in [2.05, 4.69) is 24.9 Å². The Kier molecular flexibility index (Phi) is 3.40. The quantitative estimate of drug-likeness (QED) is 0.688. The van der Waals surface area contributed by atoms with Crippen molar-refractivity contribution in [3.63, 3.8) is 0 Å². The number of hydrogen-bond acceptors (Lipinski definition) is 7. The van der Waals surface area contributed by atoms with Gasteiger partial charge in [-0.3, -0.25) is 0 Å². The van der Waals surface area contributed by atoms with Gasteiger partial charge in [0.2, 0.25) is 11.2 Å². The third-order valence-corrected chi connectivity index (χ3v) is 3.20. The Bertz CT molecular complexity index is 817. The average Bonchev–Trinajstić information content (AvgIpc) is 2.82. The van der Waals surface area contributed by atoms with Crippen molar-refractivity contribution in [2.24, 2.45) is 0 Å². The van der Waals surface area contributed by atoms with Crippen LogP contribution < -0.4 is 5.73 Å². The molecule has 0 amide bonds. The molecule has 0 radical (unpaired) electrons. The summed E-state index contributed by atoms with van der Waals surface area (Å²) in [7, 11) is 0. The predicted molar refractivity (Wildman–Crippen MR) is 77.6 cm³/mol. The number of aryl methyl sites for hydroxylation is 1. The van der Waals surface area contributed by atoms with Crippen LogP contribution in [-0.2, 0) is 6.54 Å². The third kappa shape index (κ3) is 2.39. The Balaban J connectivity index is 2.27. The molecule has 21 heavy (non-hydrogen) atoms.